The van der Waals surface area contributed by atoms with Crippen molar-refractivity contribution in [1.82, 2.24) is 9.62 Å². The molecule has 2 aliphatic heterocycles. The Morgan fingerprint density at radius 1 is 1.08 bits per heavy atom. The first-order chi connectivity index (χ1) is 17.3. The second-order valence-electron chi connectivity index (χ2n) is 8.75. The number of carbonyl (C=O) groups excluding carboxylic acids is 2. The molecule has 2 atom stereocenters. The third kappa shape index (κ3) is 4.15. The Kier molecular flexibility index (Phi) is 6.09. The molecule has 0 aliphatic carbocycles. The number of sulfonamides is 1. The molecule has 0 radical (unpaired) electrons. The van der Waals surface area contributed by atoms with E-state index in [1.165, 1.54) is 24.3 Å². The molecule has 3 amide bonds. The fraction of sp³-hybridized carbons (Fsp3) is 0.185. The van der Waals surface area contributed by atoms with Crippen molar-refractivity contribution in [2.75, 3.05) is 18.0 Å². The predicted octanol–water partition coefficient (Wildman–Crippen LogP) is 4.35. The summed E-state index contributed by atoms with van der Waals surface area (Å²) >= 11 is 0. The summed E-state index contributed by atoms with van der Waals surface area (Å²) in [6, 6.07) is 18.6. The maximum absolute atomic E-state index is 13.6. The summed E-state index contributed by atoms with van der Waals surface area (Å²) in [5.74, 6) is -0.815. The molecule has 2 aliphatic rings. The Hall–Kier alpha value is -3.98. The van der Waals surface area contributed by atoms with E-state index < -0.39 is 33.2 Å². The molecule has 184 valence electrons. The average molecular weight is 506 g/mol. The smallest absolute Gasteiger partial charge is 0.328 e. The molecule has 1 saturated heterocycles. The van der Waals surface area contributed by atoms with Crippen LogP contribution in [0.15, 0.2) is 85.5 Å². The topological polar surface area (TPSA) is 86.8 Å². The minimum atomic E-state index is -4.11. The van der Waals surface area contributed by atoms with Crippen molar-refractivity contribution < 1.29 is 22.4 Å². The predicted molar refractivity (Wildman–Crippen MR) is 135 cm³/mol. The molecule has 5 rings (SSSR count). The number of fused-ring (bicyclic) bond motifs is 1. The highest BCUT2D eigenvalue weighted by Crippen LogP contribution is 2.36. The van der Waals surface area contributed by atoms with Gasteiger partial charge in [-0.25, -0.2) is 21.9 Å². The number of halogens is 1. The first-order valence-corrected chi connectivity index (χ1v) is 13.0. The lowest BCUT2D eigenvalue weighted by molar-refractivity contribution is 0.0989. The van der Waals surface area contributed by atoms with Gasteiger partial charge in [0.25, 0.3) is 5.91 Å². The van der Waals surface area contributed by atoms with Crippen LogP contribution in [-0.2, 0) is 16.4 Å². The van der Waals surface area contributed by atoms with Gasteiger partial charge in [-0.15, -0.1) is 6.58 Å². The standard InChI is InChI=1S/C27H24FN3O4S/c1-2-25(36(34,35)31-17-23(29-27(31)33)18-7-4-3-5-8-18)20-11-12-24-19(15-20)13-14-30(24)26(32)21-9-6-10-22(28)16-21/h2-12,15-16,23,25H,1,13-14,17H2,(H,29,33). The third-order valence-electron chi connectivity index (χ3n) is 6.56. The van der Waals surface area contributed by atoms with Crippen LogP contribution in [0.4, 0.5) is 14.9 Å². The summed E-state index contributed by atoms with van der Waals surface area (Å²) in [4.78, 5) is 27.2. The second kappa shape index (κ2) is 9.23. The molecular weight excluding hydrogens is 481 g/mol. The first-order valence-electron chi connectivity index (χ1n) is 11.5. The van der Waals surface area contributed by atoms with Crippen molar-refractivity contribution in [2.24, 2.45) is 0 Å². The van der Waals surface area contributed by atoms with Gasteiger partial charge in [-0.05, 0) is 47.4 Å². The van der Waals surface area contributed by atoms with Crippen molar-refractivity contribution in [3.8, 4) is 0 Å². The van der Waals surface area contributed by atoms with E-state index in [1.807, 2.05) is 30.3 Å². The SMILES string of the molecule is C=CC(c1ccc2c(c1)CCN2C(=O)c1cccc(F)c1)S(=O)(=O)N1CC(c2ccccc2)NC1=O. The maximum atomic E-state index is 13.6. The van der Waals surface area contributed by atoms with Crippen molar-refractivity contribution >= 4 is 27.6 Å². The van der Waals surface area contributed by atoms with E-state index in [9.17, 15) is 22.4 Å². The fourth-order valence-electron chi connectivity index (χ4n) is 4.76. The summed E-state index contributed by atoms with van der Waals surface area (Å²) < 4.78 is 41.5. The molecule has 7 nitrogen and oxygen atoms in total. The van der Waals surface area contributed by atoms with E-state index in [2.05, 4.69) is 11.9 Å². The third-order valence-corrected chi connectivity index (χ3v) is 8.60. The highest BCUT2D eigenvalue weighted by molar-refractivity contribution is 7.90. The summed E-state index contributed by atoms with van der Waals surface area (Å²) in [5.41, 5.74) is 2.97. The number of hydrogen-bond donors (Lipinski definition) is 1. The molecule has 1 N–H and O–H groups in total. The Balaban J connectivity index is 1.40. The van der Waals surface area contributed by atoms with Gasteiger partial charge in [0.15, 0.2) is 0 Å². The molecule has 0 bridgehead atoms. The number of carbonyl (C=O) groups is 2. The van der Waals surface area contributed by atoms with Crippen LogP contribution in [0.3, 0.4) is 0 Å². The second-order valence-corrected chi connectivity index (χ2v) is 10.7. The van der Waals surface area contributed by atoms with Crippen LogP contribution in [0.1, 0.15) is 38.3 Å². The zero-order valence-electron chi connectivity index (χ0n) is 19.3. The molecular formula is C27H24FN3O4S. The van der Waals surface area contributed by atoms with Crippen LogP contribution >= 0.6 is 0 Å². The quantitative estimate of drug-likeness (QED) is 0.505. The maximum Gasteiger partial charge on any atom is 0.331 e. The van der Waals surface area contributed by atoms with Crippen LogP contribution in [0.5, 0.6) is 0 Å². The molecule has 36 heavy (non-hydrogen) atoms. The highest BCUT2D eigenvalue weighted by atomic mass is 32.2. The summed E-state index contributed by atoms with van der Waals surface area (Å²) in [5, 5.41) is 1.60. The molecule has 0 spiro atoms. The Bertz CT molecular complexity index is 1460. The number of rotatable bonds is 6. The Labute approximate surface area is 208 Å². The van der Waals surface area contributed by atoms with E-state index >= 15 is 0 Å². The van der Waals surface area contributed by atoms with Gasteiger partial charge in [0.2, 0.25) is 10.0 Å². The number of urea groups is 1. The number of nitrogens with one attached hydrogen (secondary N) is 1. The number of nitrogens with zero attached hydrogens (tertiary/aromatic N) is 2. The summed E-state index contributed by atoms with van der Waals surface area (Å²) in [7, 11) is -4.11. The first kappa shape index (κ1) is 23.7. The molecule has 2 unspecified atom stereocenters. The molecule has 2 heterocycles. The minimum Gasteiger partial charge on any atom is -0.328 e. The van der Waals surface area contributed by atoms with E-state index in [1.54, 1.807) is 29.2 Å². The van der Waals surface area contributed by atoms with Gasteiger partial charge in [0, 0.05) is 17.8 Å². The number of benzene rings is 3. The molecule has 3 aromatic rings. The molecule has 0 aromatic heterocycles. The van der Waals surface area contributed by atoms with Crippen molar-refractivity contribution in [3.05, 3.63) is 114 Å². The largest absolute Gasteiger partial charge is 0.331 e. The van der Waals surface area contributed by atoms with Crippen LogP contribution in [-0.4, -0.2) is 37.8 Å². The van der Waals surface area contributed by atoms with Crippen LogP contribution in [0, 0.1) is 5.82 Å². The van der Waals surface area contributed by atoms with Gasteiger partial charge < -0.3 is 10.2 Å². The van der Waals surface area contributed by atoms with Gasteiger partial charge in [-0.3, -0.25) is 4.79 Å². The van der Waals surface area contributed by atoms with Crippen molar-refractivity contribution in [2.45, 2.75) is 17.7 Å². The van der Waals surface area contributed by atoms with Crippen LogP contribution in [0.2, 0.25) is 0 Å². The van der Waals surface area contributed by atoms with Gasteiger partial charge >= 0.3 is 6.03 Å². The molecule has 9 heteroatoms. The molecule has 0 saturated carbocycles. The lowest BCUT2D eigenvalue weighted by Gasteiger charge is -2.22. The Morgan fingerprint density at radius 3 is 2.58 bits per heavy atom. The van der Waals surface area contributed by atoms with Gasteiger partial charge in [-0.1, -0.05) is 54.6 Å². The highest BCUT2D eigenvalue weighted by Gasteiger charge is 2.42. The van der Waals surface area contributed by atoms with E-state index in [0.29, 0.717) is 24.2 Å². The number of amides is 3. The van der Waals surface area contributed by atoms with Crippen LogP contribution < -0.4 is 10.2 Å². The van der Waals surface area contributed by atoms with Gasteiger partial charge in [0.1, 0.15) is 11.1 Å². The zero-order valence-corrected chi connectivity index (χ0v) is 20.1. The lowest BCUT2D eigenvalue weighted by Crippen LogP contribution is -2.37. The fourth-order valence-corrected chi connectivity index (χ4v) is 6.41. The van der Waals surface area contributed by atoms with Crippen molar-refractivity contribution in [1.29, 1.82) is 0 Å². The van der Waals surface area contributed by atoms with Gasteiger partial charge in [0.05, 0.1) is 12.6 Å². The summed E-state index contributed by atoms with van der Waals surface area (Å²) in [6.07, 6.45) is 1.83. The number of anilines is 1. The summed E-state index contributed by atoms with van der Waals surface area (Å²) in [6.45, 7) is 4.10. The zero-order chi connectivity index (χ0) is 25.4. The molecule has 1 fully saturated rings. The average Bonchev–Trinajstić information content (AvgIpc) is 3.48. The minimum absolute atomic E-state index is 0.0175. The van der Waals surface area contributed by atoms with Crippen molar-refractivity contribution in [3.63, 3.8) is 0 Å². The monoisotopic (exact) mass is 505 g/mol. The van der Waals surface area contributed by atoms with E-state index in [0.717, 1.165) is 15.4 Å². The number of hydrogen-bond acceptors (Lipinski definition) is 4. The van der Waals surface area contributed by atoms with E-state index in [4.69, 9.17) is 0 Å². The van der Waals surface area contributed by atoms with E-state index in [-0.39, 0.29) is 18.0 Å². The van der Waals surface area contributed by atoms with Gasteiger partial charge in [-0.2, -0.15) is 0 Å². The molecule has 3 aromatic carbocycles. The lowest BCUT2D eigenvalue weighted by atomic mass is 10.1. The van der Waals surface area contributed by atoms with Crippen LogP contribution in [0.25, 0.3) is 0 Å². The normalized spacial score (nSPS) is 18.0. The Morgan fingerprint density at radius 2 is 1.86 bits per heavy atom.